The van der Waals surface area contributed by atoms with Crippen LogP contribution in [0.1, 0.15) is 25.5 Å². The van der Waals surface area contributed by atoms with E-state index in [0.717, 1.165) is 13.1 Å². The molecule has 92 valence electrons. The molecule has 1 saturated heterocycles. The molecule has 17 heavy (non-hydrogen) atoms. The van der Waals surface area contributed by atoms with E-state index in [0.29, 0.717) is 0 Å². The van der Waals surface area contributed by atoms with Gasteiger partial charge in [0.2, 0.25) is 5.91 Å². The molecule has 1 heterocycles. The van der Waals surface area contributed by atoms with Crippen LogP contribution in [0.15, 0.2) is 30.3 Å². The number of amides is 1. The summed E-state index contributed by atoms with van der Waals surface area (Å²) in [5.41, 5.74) is 1.23. The number of benzene rings is 1. The standard InChI is InChI=1S/C14H20N2O/c1-4-16(5-2)13-12(15(3)14(13)17)11-9-7-6-8-10-11/h6-10,12-13H,4-5H2,1-3H3/t12-,13+/m0/s1. The average molecular weight is 232 g/mol. The lowest BCUT2D eigenvalue weighted by Gasteiger charge is -2.49. The van der Waals surface area contributed by atoms with Crippen molar-refractivity contribution in [1.82, 2.24) is 9.80 Å². The van der Waals surface area contributed by atoms with Gasteiger partial charge < -0.3 is 4.90 Å². The number of carbonyl (C=O) groups excluding carboxylic acids is 1. The fraction of sp³-hybridized carbons (Fsp3) is 0.500. The Bertz CT molecular complexity index is 386. The van der Waals surface area contributed by atoms with Gasteiger partial charge in [0.15, 0.2) is 0 Å². The molecule has 1 aromatic rings. The monoisotopic (exact) mass is 232 g/mol. The van der Waals surface area contributed by atoms with Crippen LogP contribution in [0.3, 0.4) is 0 Å². The fourth-order valence-corrected chi connectivity index (χ4v) is 2.64. The SMILES string of the molecule is CCN(CC)[C@H]1C(=O)N(C)[C@H]1c1ccccc1. The Morgan fingerprint density at radius 2 is 1.76 bits per heavy atom. The number of likely N-dealkylation sites (N-methyl/N-ethyl adjacent to an activating group) is 2. The highest BCUT2D eigenvalue weighted by atomic mass is 16.2. The molecular formula is C14H20N2O. The number of hydrogen-bond donors (Lipinski definition) is 0. The van der Waals surface area contributed by atoms with Crippen LogP contribution in [-0.2, 0) is 4.79 Å². The number of likely N-dealkylation sites (tertiary alicyclic amines) is 1. The van der Waals surface area contributed by atoms with Crippen molar-refractivity contribution < 1.29 is 4.79 Å². The zero-order valence-electron chi connectivity index (χ0n) is 10.8. The van der Waals surface area contributed by atoms with Gasteiger partial charge in [-0.3, -0.25) is 9.69 Å². The summed E-state index contributed by atoms with van der Waals surface area (Å²) >= 11 is 0. The van der Waals surface area contributed by atoms with Crippen molar-refractivity contribution >= 4 is 5.91 Å². The van der Waals surface area contributed by atoms with E-state index in [-0.39, 0.29) is 18.0 Å². The molecule has 0 saturated carbocycles. The molecular weight excluding hydrogens is 212 g/mol. The topological polar surface area (TPSA) is 23.6 Å². The molecule has 3 nitrogen and oxygen atoms in total. The Labute approximate surface area is 103 Å². The lowest BCUT2D eigenvalue weighted by atomic mass is 9.88. The van der Waals surface area contributed by atoms with Crippen molar-refractivity contribution in [3.05, 3.63) is 35.9 Å². The van der Waals surface area contributed by atoms with Crippen molar-refractivity contribution in [2.24, 2.45) is 0 Å². The van der Waals surface area contributed by atoms with Crippen LogP contribution in [-0.4, -0.2) is 41.9 Å². The first kappa shape index (κ1) is 12.1. The minimum absolute atomic E-state index is 0.0254. The molecule has 0 aliphatic carbocycles. The second-order valence-electron chi connectivity index (χ2n) is 4.47. The third kappa shape index (κ3) is 1.95. The molecule has 1 aliphatic heterocycles. The quantitative estimate of drug-likeness (QED) is 0.740. The van der Waals surface area contributed by atoms with Crippen molar-refractivity contribution in [2.45, 2.75) is 25.9 Å². The van der Waals surface area contributed by atoms with Crippen LogP contribution in [0, 0.1) is 0 Å². The van der Waals surface area contributed by atoms with Gasteiger partial charge in [0, 0.05) is 7.05 Å². The second-order valence-corrected chi connectivity index (χ2v) is 4.47. The largest absolute Gasteiger partial charge is 0.335 e. The molecule has 0 unspecified atom stereocenters. The van der Waals surface area contributed by atoms with Crippen molar-refractivity contribution in [2.75, 3.05) is 20.1 Å². The molecule has 3 heteroatoms. The lowest BCUT2D eigenvalue weighted by molar-refractivity contribution is -0.156. The number of rotatable bonds is 4. The molecule has 0 spiro atoms. The molecule has 1 aromatic carbocycles. The van der Waals surface area contributed by atoms with Crippen LogP contribution >= 0.6 is 0 Å². The molecule has 1 amide bonds. The lowest BCUT2D eigenvalue weighted by Crippen LogP contribution is -2.64. The molecule has 2 rings (SSSR count). The van der Waals surface area contributed by atoms with E-state index in [2.05, 4.69) is 30.9 Å². The Kier molecular flexibility index (Phi) is 3.48. The van der Waals surface area contributed by atoms with E-state index >= 15 is 0 Å². The predicted molar refractivity (Wildman–Crippen MR) is 68.7 cm³/mol. The van der Waals surface area contributed by atoms with Gasteiger partial charge >= 0.3 is 0 Å². The molecule has 0 radical (unpaired) electrons. The molecule has 1 aliphatic rings. The third-order valence-corrected chi connectivity index (χ3v) is 3.66. The van der Waals surface area contributed by atoms with Crippen LogP contribution in [0.2, 0.25) is 0 Å². The third-order valence-electron chi connectivity index (χ3n) is 3.66. The summed E-state index contributed by atoms with van der Waals surface area (Å²) in [4.78, 5) is 16.1. The highest BCUT2D eigenvalue weighted by molar-refractivity contribution is 5.89. The molecule has 1 fully saturated rings. The van der Waals surface area contributed by atoms with Crippen LogP contribution in [0.4, 0.5) is 0 Å². The summed E-state index contributed by atoms with van der Waals surface area (Å²) in [7, 11) is 1.89. The summed E-state index contributed by atoms with van der Waals surface area (Å²) in [6, 6.07) is 10.5. The predicted octanol–water partition coefficient (Wildman–Crippen LogP) is 1.91. The van der Waals surface area contributed by atoms with Crippen molar-refractivity contribution in [3.8, 4) is 0 Å². The first-order chi connectivity index (χ1) is 8.20. The summed E-state index contributed by atoms with van der Waals surface area (Å²) in [6.07, 6.45) is 0. The van der Waals surface area contributed by atoms with E-state index in [1.165, 1.54) is 5.56 Å². The number of β-lactam (4-membered cyclic amide) rings is 1. The van der Waals surface area contributed by atoms with Gasteiger partial charge in [-0.25, -0.2) is 0 Å². The summed E-state index contributed by atoms with van der Waals surface area (Å²) in [5.74, 6) is 0.238. The van der Waals surface area contributed by atoms with Gasteiger partial charge in [-0.05, 0) is 18.7 Å². The smallest absolute Gasteiger partial charge is 0.242 e. The van der Waals surface area contributed by atoms with Gasteiger partial charge in [-0.15, -0.1) is 0 Å². The second kappa shape index (κ2) is 4.88. The fourth-order valence-electron chi connectivity index (χ4n) is 2.64. The molecule has 0 N–H and O–H groups in total. The van der Waals surface area contributed by atoms with E-state index in [4.69, 9.17) is 0 Å². The first-order valence-corrected chi connectivity index (χ1v) is 6.26. The average Bonchev–Trinajstić information content (AvgIpc) is 2.39. The zero-order valence-corrected chi connectivity index (χ0v) is 10.8. The molecule has 0 bridgehead atoms. The van der Waals surface area contributed by atoms with E-state index < -0.39 is 0 Å². The Morgan fingerprint density at radius 1 is 1.18 bits per heavy atom. The van der Waals surface area contributed by atoms with Crippen LogP contribution in [0.25, 0.3) is 0 Å². The van der Waals surface area contributed by atoms with Crippen molar-refractivity contribution in [1.29, 1.82) is 0 Å². The summed E-state index contributed by atoms with van der Waals surface area (Å²) < 4.78 is 0. The maximum Gasteiger partial charge on any atom is 0.242 e. The Morgan fingerprint density at radius 3 is 2.29 bits per heavy atom. The highest BCUT2D eigenvalue weighted by Gasteiger charge is 2.48. The van der Waals surface area contributed by atoms with Crippen LogP contribution in [0.5, 0.6) is 0 Å². The molecule has 0 aromatic heterocycles. The van der Waals surface area contributed by atoms with E-state index in [1.54, 1.807) is 0 Å². The zero-order chi connectivity index (χ0) is 12.4. The van der Waals surface area contributed by atoms with E-state index in [1.807, 2.05) is 30.1 Å². The number of nitrogens with zero attached hydrogens (tertiary/aromatic N) is 2. The summed E-state index contributed by atoms with van der Waals surface area (Å²) in [6.45, 7) is 6.06. The minimum Gasteiger partial charge on any atom is -0.335 e. The summed E-state index contributed by atoms with van der Waals surface area (Å²) in [5, 5.41) is 0. The van der Waals surface area contributed by atoms with E-state index in [9.17, 15) is 4.79 Å². The Hall–Kier alpha value is -1.35. The van der Waals surface area contributed by atoms with Gasteiger partial charge in [0.25, 0.3) is 0 Å². The minimum atomic E-state index is 0.0254. The van der Waals surface area contributed by atoms with Gasteiger partial charge in [-0.2, -0.15) is 0 Å². The first-order valence-electron chi connectivity index (χ1n) is 6.26. The highest BCUT2D eigenvalue weighted by Crippen LogP contribution is 2.36. The number of hydrogen-bond acceptors (Lipinski definition) is 2. The Balaban J connectivity index is 2.24. The maximum atomic E-state index is 12.0. The van der Waals surface area contributed by atoms with Gasteiger partial charge in [0.05, 0.1) is 6.04 Å². The van der Waals surface area contributed by atoms with Gasteiger partial charge in [-0.1, -0.05) is 44.2 Å². The van der Waals surface area contributed by atoms with Gasteiger partial charge in [0.1, 0.15) is 6.04 Å². The number of carbonyl (C=O) groups is 1. The molecule has 2 atom stereocenters. The maximum absolute atomic E-state index is 12.0. The normalized spacial score (nSPS) is 24.0. The van der Waals surface area contributed by atoms with Crippen LogP contribution < -0.4 is 0 Å². The van der Waals surface area contributed by atoms with Crippen molar-refractivity contribution in [3.63, 3.8) is 0 Å².